The highest BCUT2D eigenvalue weighted by molar-refractivity contribution is 6.01. The van der Waals surface area contributed by atoms with Crippen LogP contribution in [0, 0.1) is 12.7 Å². The number of aliphatic hydroxyl groups excluding tert-OH is 1. The van der Waals surface area contributed by atoms with Crippen LogP contribution >= 0.6 is 0 Å². The van der Waals surface area contributed by atoms with Crippen molar-refractivity contribution in [1.82, 2.24) is 4.90 Å². The highest BCUT2D eigenvalue weighted by Crippen LogP contribution is 2.44. The van der Waals surface area contributed by atoms with Gasteiger partial charge in [0.25, 0.3) is 0 Å². The van der Waals surface area contributed by atoms with E-state index >= 15 is 4.39 Å². The van der Waals surface area contributed by atoms with E-state index < -0.39 is 23.6 Å². The highest BCUT2D eigenvalue weighted by atomic mass is 19.4. The second-order valence-corrected chi connectivity index (χ2v) is 10.4. The van der Waals surface area contributed by atoms with Gasteiger partial charge in [0.15, 0.2) is 0 Å². The second kappa shape index (κ2) is 9.32. The van der Waals surface area contributed by atoms with Gasteiger partial charge in [-0.1, -0.05) is 42.5 Å². The number of rotatable bonds is 3. The fourth-order valence-corrected chi connectivity index (χ4v) is 6.07. The van der Waals surface area contributed by atoms with E-state index in [1.807, 2.05) is 4.90 Å². The molecule has 2 unspecified atom stereocenters. The minimum atomic E-state index is -4.54. The minimum Gasteiger partial charge on any atom is -0.513 e. The molecule has 0 spiro atoms. The summed E-state index contributed by atoms with van der Waals surface area (Å²) in [4.78, 5) is 10.8. The van der Waals surface area contributed by atoms with Gasteiger partial charge in [-0.05, 0) is 49.2 Å². The van der Waals surface area contributed by atoms with Gasteiger partial charge < -0.3 is 19.8 Å². The second-order valence-electron chi connectivity index (χ2n) is 10.4. The first-order valence-electron chi connectivity index (χ1n) is 12.9. The Kier molecular flexibility index (Phi) is 6.04. The van der Waals surface area contributed by atoms with Crippen molar-refractivity contribution in [2.45, 2.75) is 38.0 Å². The summed E-state index contributed by atoms with van der Waals surface area (Å²) in [6.45, 7) is 7.51. The maximum atomic E-state index is 15.1. The molecular formula is C30H28F4N4O. The molecular weight excluding hydrogens is 508 g/mol. The molecule has 3 aliphatic heterocycles. The Bertz CT molecular complexity index is 1480. The summed E-state index contributed by atoms with van der Waals surface area (Å²) >= 11 is 0. The van der Waals surface area contributed by atoms with E-state index in [1.54, 1.807) is 23.1 Å². The van der Waals surface area contributed by atoms with E-state index in [4.69, 9.17) is 4.99 Å². The maximum Gasteiger partial charge on any atom is 0.416 e. The number of nitrogens with zero attached hydrogens (tertiary/aromatic N) is 4. The Hall–Kier alpha value is -4.01. The number of fused-ring (bicyclic) bond motifs is 4. The smallest absolute Gasteiger partial charge is 0.416 e. The molecule has 6 rings (SSSR count). The largest absolute Gasteiger partial charge is 0.513 e. The standard InChI is InChI=1S/C30H28F4N4O/c1-18-9-10-26-20(13-18)15-23-17-36(11-12-37(23)26)29-35-28-24(7-4-8-25(28)31)27(14-19(2)39)38(29)22-6-3-5-21(16-22)30(32,33)34/h3-10,13,16,23,27,39H,2,11-12,14-15,17H2,1H3. The number of hydrogen-bond donors (Lipinski definition) is 1. The van der Waals surface area contributed by atoms with Crippen molar-refractivity contribution in [3.05, 3.63) is 101 Å². The van der Waals surface area contributed by atoms with Gasteiger partial charge >= 0.3 is 6.18 Å². The predicted octanol–water partition coefficient (Wildman–Crippen LogP) is 6.91. The molecule has 0 bridgehead atoms. The summed E-state index contributed by atoms with van der Waals surface area (Å²) in [7, 11) is 0. The Morgan fingerprint density at radius 3 is 2.64 bits per heavy atom. The summed E-state index contributed by atoms with van der Waals surface area (Å²) in [5, 5.41) is 10.2. The Morgan fingerprint density at radius 1 is 1.08 bits per heavy atom. The first kappa shape index (κ1) is 25.3. The molecule has 2 atom stereocenters. The lowest BCUT2D eigenvalue weighted by molar-refractivity contribution is -0.137. The monoisotopic (exact) mass is 536 g/mol. The number of alkyl halides is 3. The maximum absolute atomic E-state index is 15.1. The average Bonchev–Trinajstić information content (AvgIpc) is 3.25. The van der Waals surface area contributed by atoms with Gasteiger partial charge in [-0.3, -0.25) is 0 Å². The van der Waals surface area contributed by atoms with Crippen molar-refractivity contribution in [3.63, 3.8) is 0 Å². The van der Waals surface area contributed by atoms with Gasteiger partial charge in [0.2, 0.25) is 5.96 Å². The van der Waals surface area contributed by atoms with E-state index in [2.05, 4.69) is 36.6 Å². The van der Waals surface area contributed by atoms with Gasteiger partial charge in [0, 0.05) is 43.0 Å². The third-order valence-electron chi connectivity index (χ3n) is 7.76. The number of anilines is 2. The highest BCUT2D eigenvalue weighted by Gasteiger charge is 2.41. The molecule has 0 aliphatic carbocycles. The Morgan fingerprint density at radius 2 is 1.87 bits per heavy atom. The lowest BCUT2D eigenvalue weighted by Gasteiger charge is -2.46. The number of aliphatic hydroxyl groups is 1. The minimum absolute atomic E-state index is 0.000168. The number of para-hydroxylation sites is 1. The van der Waals surface area contributed by atoms with Crippen LogP contribution < -0.4 is 9.80 Å². The van der Waals surface area contributed by atoms with Crippen LogP contribution in [0.15, 0.2) is 78.0 Å². The molecule has 1 saturated heterocycles. The SMILES string of the molecule is C=C(O)CC1c2cccc(F)c2N=C(N2CCN3c4ccc(C)cc4CC3C2)N1c1cccc(C(F)(F)F)c1. The lowest BCUT2D eigenvalue weighted by atomic mass is 9.96. The fourth-order valence-electron chi connectivity index (χ4n) is 6.07. The number of halogens is 4. The van der Waals surface area contributed by atoms with Crippen LogP contribution in [0.25, 0.3) is 0 Å². The average molecular weight is 537 g/mol. The topological polar surface area (TPSA) is 42.3 Å². The van der Waals surface area contributed by atoms with Gasteiger partial charge in [0.1, 0.15) is 11.5 Å². The van der Waals surface area contributed by atoms with E-state index in [-0.39, 0.29) is 29.6 Å². The molecule has 1 N–H and O–H groups in total. The fraction of sp³-hybridized carbons (Fsp3) is 0.300. The normalized spacial score (nSPS) is 20.3. The molecule has 5 nitrogen and oxygen atoms in total. The number of piperazine rings is 1. The van der Waals surface area contributed by atoms with E-state index in [0.29, 0.717) is 31.2 Å². The van der Waals surface area contributed by atoms with Gasteiger partial charge in [-0.2, -0.15) is 13.2 Å². The quantitative estimate of drug-likeness (QED) is 0.292. The zero-order chi connectivity index (χ0) is 27.5. The third kappa shape index (κ3) is 4.49. The Balaban J connectivity index is 1.45. The van der Waals surface area contributed by atoms with Crippen LogP contribution in [0.1, 0.15) is 34.7 Å². The third-order valence-corrected chi connectivity index (χ3v) is 7.76. The van der Waals surface area contributed by atoms with Crippen molar-refractivity contribution >= 4 is 23.0 Å². The van der Waals surface area contributed by atoms with Crippen LogP contribution in [0.2, 0.25) is 0 Å². The summed E-state index contributed by atoms with van der Waals surface area (Å²) in [6.07, 6.45) is -3.70. The lowest BCUT2D eigenvalue weighted by Crippen LogP contribution is -2.58. The molecule has 202 valence electrons. The van der Waals surface area contributed by atoms with Crippen molar-refractivity contribution in [2.24, 2.45) is 4.99 Å². The number of benzene rings is 3. The zero-order valence-electron chi connectivity index (χ0n) is 21.4. The van der Waals surface area contributed by atoms with Crippen molar-refractivity contribution < 1.29 is 22.7 Å². The van der Waals surface area contributed by atoms with Crippen molar-refractivity contribution in [2.75, 3.05) is 29.4 Å². The predicted molar refractivity (Wildman–Crippen MR) is 144 cm³/mol. The number of aryl methyl sites for hydroxylation is 1. The molecule has 0 radical (unpaired) electrons. The molecule has 9 heteroatoms. The van der Waals surface area contributed by atoms with Crippen molar-refractivity contribution in [1.29, 1.82) is 0 Å². The van der Waals surface area contributed by atoms with E-state index in [1.165, 1.54) is 28.9 Å². The summed E-state index contributed by atoms with van der Waals surface area (Å²) in [6, 6.07) is 15.5. The van der Waals surface area contributed by atoms with Crippen LogP contribution in [0.3, 0.4) is 0 Å². The Labute approximate surface area is 224 Å². The molecule has 3 aromatic rings. The van der Waals surface area contributed by atoms with E-state index in [0.717, 1.165) is 18.6 Å². The van der Waals surface area contributed by atoms with Crippen LogP contribution in [0.4, 0.5) is 34.6 Å². The zero-order valence-corrected chi connectivity index (χ0v) is 21.4. The number of guanidine groups is 1. The molecule has 3 heterocycles. The molecule has 0 saturated carbocycles. The van der Waals surface area contributed by atoms with Crippen LogP contribution in [0.5, 0.6) is 0 Å². The van der Waals surface area contributed by atoms with Gasteiger partial charge in [-0.15, -0.1) is 0 Å². The molecule has 3 aliphatic rings. The summed E-state index contributed by atoms with van der Waals surface area (Å²) in [5.41, 5.74) is 3.75. The van der Waals surface area contributed by atoms with E-state index in [9.17, 15) is 18.3 Å². The number of aliphatic imine (C=N–C) groups is 1. The van der Waals surface area contributed by atoms with Gasteiger partial charge in [0.05, 0.1) is 23.4 Å². The molecule has 0 aromatic heterocycles. The van der Waals surface area contributed by atoms with Crippen LogP contribution in [-0.4, -0.2) is 41.6 Å². The molecule has 1 fully saturated rings. The molecule has 3 aromatic carbocycles. The summed E-state index contributed by atoms with van der Waals surface area (Å²) in [5.74, 6) is -0.311. The molecule has 39 heavy (non-hydrogen) atoms. The molecule has 0 amide bonds. The van der Waals surface area contributed by atoms with Gasteiger partial charge in [-0.25, -0.2) is 9.38 Å². The first-order chi connectivity index (χ1) is 18.6. The first-order valence-corrected chi connectivity index (χ1v) is 12.9. The number of hydrogen-bond acceptors (Lipinski definition) is 5. The van der Waals surface area contributed by atoms with Crippen molar-refractivity contribution in [3.8, 4) is 0 Å². The van der Waals surface area contributed by atoms with Crippen LogP contribution in [-0.2, 0) is 12.6 Å². The summed E-state index contributed by atoms with van der Waals surface area (Å²) < 4.78 is 56.3.